The van der Waals surface area contributed by atoms with E-state index in [1.807, 2.05) is 72.8 Å². The molecule has 0 aliphatic rings. The van der Waals surface area contributed by atoms with E-state index in [9.17, 15) is 9.59 Å². The Bertz CT molecular complexity index is 1010. The molecule has 3 N–H and O–H groups in total. The minimum atomic E-state index is -0.467. The molecule has 0 atom stereocenters. The van der Waals surface area contributed by atoms with E-state index in [1.54, 1.807) is 6.20 Å². The zero-order chi connectivity index (χ0) is 26.1. The number of rotatable bonds is 14. The monoisotopic (exact) mass is 569 g/mol. The number of pyridine rings is 1. The van der Waals surface area contributed by atoms with Crippen LogP contribution in [0.4, 0.5) is 15.3 Å². The van der Waals surface area contributed by atoms with E-state index >= 15 is 0 Å². The summed E-state index contributed by atoms with van der Waals surface area (Å²) in [5, 5.41) is 8.90. The first kappa shape index (κ1) is 27.9. The lowest BCUT2D eigenvalue weighted by molar-refractivity contribution is 0.136. The van der Waals surface area contributed by atoms with Crippen molar-refractivity contribution in [3.8, 4) is 0 Å². The molecule has 0 aliphatic heterocycles. The first-order valence-electron chi connectivity index (χ1n) is 12.1. The van der Waals surface area contributed by atoms with Crippen LogP contribution in [0.2, 0.25) is 0 Å². The summed E-state index contributed by atoms with van der Waals surface area (Å²) >= 11 is 3.33. The van der Waals surface area contributed by atoms with E-state index in [1.165, 1.54) is 0 Å². The highest BCUT2D eigenvalue weighted by atomic mass is 79.9. The summed E-state index contributed by atoms with van der Waals surface area (Å²) in [7, 11) is 0. The Morgan fingerprint density at radius 2 is 1.24 bits per heavy atom. The Hall–Kier alpha value is -3.63. The lowest BCUT2D eigenvalue weighted by Crippen LogP contribution is -2.41. The highest BCUT2D eigenvalue weighted by Crippen LogP contribution is 2.10. The number of benzene rings is 2. The molecule has 2 amide bonds. The number of halogens is 1. The number of anilines is 1. The van der Waals surface area contributed by atoms with Crippen molar-refractivity contribution in [1.29, 1.82) is 0 Å². The third-order valence-corrected chi connectivity index (χ3v) is 5.77. The summed E-state index contributed by atoms with van der Waals surface area (Å²) in [6.45, 7) is 3.78. The summed E-state index contributed by atoms with van der Waals surface area (Å²) in [6.07, 6.45) is 0.819. The van der Waals surface area contributed by atoms with Crippen LogP contribution in [0, 0.1) is 0 Å². The van der Waals surface area contributed by atoms with Crippen LogP contribution >= 0.6 is 15.9 Å². The normalized spacial score (nSPS) is 10.5. The van der Waals surface area contributed by atoms with Crippen LogP contribution in [0.5, 0.6) is 0 Å². The van der Waals surface area contributed by atoms with E-state index in [2.05, 4.69) is 41.8 Å². The fourth-order valence-electron chi connectivity index (χ4n) is 3.35. The minimum absolute atomic E-state index is 0.219. The molecular formula is C27H32BrN5O4. The molecule has 37 heavy (non-hydrogen) atoms. The van der Waals surface area contributed by atoms with Gasteiger partial charge in [-0.3, -0.25) is 4.90 Å². The van der Waals surface area contributed by atoms with Crippen LogP contribution < -0.4 is 16.0 Å². The van der Waals surface area contributed by atoms with Crippen LogP contribution in [0.25, 0.3) is 0 Å². The second kappa shape index (κ2) is 16.2. The van der Waals surface area contributed by atoms with Crippen molar-refractivity contribution in [3.63, 3.8) is 0 Å². The Kier molecular flexibility index (Phi) is 12.2. The van der Waals surface area contributed by atoms with Gasteiger partial charge in [-0.05, 0) is 39.2 Å². The van der Waals surface area contributed by atoms with Gasteiger partial charge in [0.25, 0.3) is 0 Å². The lowest BCUT2D eigenvalue weighted by atomic mass is 10.2. The van der Waals surface area contributed by atoms with Gasteiger partial charge in [-0.15, -0.1) is 0 Å². The SMILES string of the molecule is O=C(NCCN(CCNC(=O)OCc1ccccc1)CCNc1ccc(Br)nc1)OCc1ccccc1. The molecule has 10 heteroatoms. The van der Waals surface area contributed by atoms with Gasteiger partial charge in [-0.25, -0.2) is 14.6 Å². The molecule has 0 saturated heterocycles. The number of carbonyl (C=O) groups excluding carboxylic acids is 2. The molecule has 0 bridgehead atoms. The Balaban J connectivity index is 1.39. The van der Waals surface area contributed by atoms with Crippen LogP contribution in [0.3, 0.4) is 0 Å². The predicted octanol–water partition coefficient (Wildman–Crippen LogP) is 4.41. The first-order valence-corrected chi connectivity index (χ1v) is 12.8. The number of ether oxygens (including phenoxy) is 2. The molecule has 0 unspecified atom stereocenters. The molecule has 2 aromatic carbocycles. The van der Waals surface area contributed by atoms with Gasteiger partial charge < -0.3 is 25.4 Å². The van der Waals surface area contributed by atoms with Crippen LogP contribution in [-0.4, -0.2) is 61.3 Å². The third-order valence-electron chi connectivity index (χ3n) is 5.30. The number of hydrogen-bond acceptors (Lipinski definition) is 7. The molecule has 196 valence electrons. The fraction of sp³-hybridized carbons (Fsp3) is 0.296. The molecular weight excluding hydrogens is 538 g/mol. The van der Waals surface area contributed by atoms with Crippen molar-refractivity contribution in [1.82, 2.24) is 20.5 Å². The number of amides is 2. The predicted molar refractivity (Wildman–Crippen MR) is 146 cm³/mol. The summed E-state index contributed by atoms with van der Waals surface area (Å²) in [6, 6.07) is 22.9. The molecule has 0 spiro atoms. The maximum atomic E-state index is 12.1. The fourth-order valence-corrected chi connectivity index (χ4v) is 3.59. The zero-order valence-electron chi connectivity index (χ0n) is 20.6. The molecule has 0 fully saturated rings. The van der Waals surface area contributed by atoms with Crippen molar-refractivity contribution in [2.24, 2.45) is 0 Å². The molecule has 3 aromatic rings. The Labute approximate surface area is 225 Å². The number of nitrogens with one attached hydrogen (secondary N) is 3. The summed E-state index contributed by atoms with van der Waals surface area (Å²) in [4.78, 5) is 30.5. The topological polar surface area (TPSA) is 105 Å². The maximum Gasteiger partial charge on any atom is 0.407 e. The molecule has 0 saturated carbocycles. The lowest BCUT2D eigenvalue weighted by Gasteiger charge is -2.23. The van der Waals surface area contributed by atoms with Gasteiger partial charge in [0.1, 0.15) is 17.8 Å². The van der Waals surface area contributed by atoms with Crippen LogP contribution in [0.15, 0.2) is 83.6 Å². The van der Waals surface area contributed by atoms with Gasteiger partial charge in [-0.1, -0.05) is 60.7 Å². The smallest absolute Gasteiger partial charge is 0.407 e. The molecule has 1 heterocycles. The van der Waals surface area contributed by atoms with Gasteiger partial charge in [0.2, 0.25) is 0 Å². The highest BCUT2D eigenvalue weighted by molar-refractivity contribution is 9.10. The number of alkyl carbamates (subject to hydrolysis) is 2. The van der Waals surface area contributed by atoms with Crippen molar-refractivity contribution >= 4 is 33.8 Å². The van der Waals surface area contributed by atoms with Gasteiger partial charge >= 0.3 is 12.2 Å². The molecule has 0 radical (unpaired) electrons. The summed E-state index contributed by atoms with van der Waals surface area (Å²) < 4.78 is 11.3. The minimum Gasteiger partial charge on any atom is -0.445 e. The molecule has 3 rings (SSSR count). The summed E-state index contributed by atoms with van der Waals surface area (Å²) in [5.74, 6) is 0. The van der Waals surface area contributed by atoms with Gasteiger partial charge in [0, 0.05) is 39.3 Å². The van der Waals surface area contributed by atoms with Gasteiger partial charge in [-0.2, -0.15) is 0 Å². The number of nitrogens with zero attached hydrogens (tertiary/aromatic N) is 2. The van der Waals surface area contributed by atoms with Crippen LogP contribution in [-0.2, 0) is 22.7 Å². The van der Waals surface area contributed by atoms with E-state index in [0.29, 0.717) is 39.3 Å². The second-order valence-electron chi connectivity index (χ2n) is 8.12. The Morgan fingerprint density at radius 3 is 1.73 bits per heavy atom. The van der Waals surface area contributed by atoms with Gasteiger partial charge in [0.15, 0.2) is 0 Å². The standard InChI is InChI=1S/C27H32BrN5O4/c28-25-12-11-24(19-32-25)29-13-16-33(17-14-30-26(34)36-20-22-7-3-1-4-8-22)18-15-31-27(35)37-21-23-9-5-2-6-10-23/h1-12,19,29H,13-18,20-21H2,(H,30,34)(H,31,35). The first-order chi connectivity index (χ1) is 18.1. The number of aromatic nitrogens is 1. The van der Waals surface area contributed by atoms with E-state index < -0.39 is 12.2 Å². The van der Waals surface area contributed by atoms with E-state index in [0.717, 1.165) is 21.4 Å². The number of carbonyl (C=O) groups is 2. The maximum absolute atomic E-state index is 12.1. The van der Waals surface area contributed by atoms with Crippen molar-refractivity contribution < 1.29 is 19.1 Å². The van der Waals surface area contributed by atoms with Crippen LogP contribution in [0.1, 0.15) is 11.1 Å². The molecule has 0 aliphatic carbocycles. The average Bonchev–Trinajstić information content (AvgIpc) is 2.93. The van der Waals surface area contributed by atoms with E-state index in [-0.39, 0.29) is 13.2 Å². The summed E-state index contributed by atoms with van der Waals surface area (Å²) in [5.41, 5.74) is 2.77. The molecule has 9 nitrogen and oxygen atoms in total. The van der Waals surface area contributed by atoms with E-state index in [4.69, 9.17) is 9.47 Å². The largest absolute Gasteiger partial charge is 0.445 e. The second-order valence-corrected chi connectivity index (χ2v) is 8.93. The zero-order valence-corrected chi connectivity index (χ0v) is 22.2. The quantitative estimate of drug-likeness (QED) is 0.247. The van der Waals surface area contributed by atoms with Crippen molar-refractivity contribution in [3.05, 3.63) is 94.7 Å². The van der Waals surface area contributed by atoms with Crippen molar-refractivity contribution in [2.45, 2.75) is 13.2 Å². The average molecular weight is 570 g/mol. The number of hydrogen-bond donors (Lipinski definition) is 3. The Morgan fingerprint density at radius 1 is 0.730 bits per heavy atom. The van der Waals surface area contributed by atoms with Gasteiger partial charge in [0.05, 0.1) is 11.9 Å². The van der Waals surface area contributed by atoms with Crippen molar-refractivity contribution in [2.75, 3.05) is 44.6 Å². The molecule has 1 aromatic heterocycles. The highest BCUT2D eigenvalue weighted by Gasteiger charge is 2.09. The third kappa shape index (κ3) is 11.8.